The molecule has 0 unspecified atom stereocenters. The molecule has 0 radical (unpaired) electrons. The molecule has 4 nitrogen and oxygen atoms in total. The number of nitrogens with one attached hydrogen (secondary N) is 1. The van der Waals surface area contributed by atoms with E-state index in [2.05, 4.69) is 5.32 Å². The Morgan fingerprint density at radius 2 is 1.67 bits per heavy atom. The molecule has 0 bridgehead atoms. The normalized spacial score (nSPS) is 12.1. The summed E-state index contributed by atoms with van der Waals surface area (Å²) < 4.78 is 26.3. The minimum absolute atomic E-state index is 0.0546. The van der Waals surface area contributed by atoms with Crippen LogP contribution in [0.5, 0.6) is 0 Å². The molecule has 0 saturated carbocycles. The molecule has 0 spiro atoms. The van der Waals surface area contributed by atoms with Gasteiger partial charge in [0.1, 0.15) is 0 Å². The van der Waals surface area contributed by atoms with E-state index in [0.717, 1.165) is 18.5 Å². The molecule has 18 heavy (non-hydrogen) atoms. The second kappa shape index (κ2) is 6.20. The average molecular weight is 270 g/mol. The van der Waals surface area contributed by atoms with Crippen LogP contribution >= 0.6 is 0 Å². The second-order valence-electron chi connectivity index (χ2n) is 4.27. The number of rotatable bonds is 6. The van der Waals surface area contributed by atoms with Crippen LogP contribution in [0.25, 0.3) is 0 Å². The van der Waals surface area contributed by atoms with E-state index in [1.807, 2.05) is 13.8 Å². The van der Waals surface area contributed by atoms with Gasteiger partial charge in [-0.25, -0.2) is 8.42 Å². The predicted octanol–water partition coefficient (Wildman–Crippen LogP) is 2.54. The predicted molar refractivity (Wildman–Crippen MR) is 75.3 cm³/mol. The maximum absolute atomic E-state index is 12.4. The fourth-order valence-electron chi connectivity index (χ4n) is 1.96. The molecule has 0 heterocycles. The monoisotopic (exact) mass is 270 g/mol. The molecular formula is C13H22N2O2S. The molecule has 0 aliphatic heterocycles. The van der Waals surface area contributed by atoms with Crippen LogP contribution < -0.4 is 5.32 Å². The SMILES string of the molecule is CCC(CC)N(C)S(=O)(=O)c1ccc(NC)cc1. The average Bonchev–Trinajstić information content (AvgIpc) is 2.40. The van der Waals surface area contributed by atoms with E-state index in [0.29, 0.717) is 4.90 Å². The number of hydrogen-bond acceptors (Lipinski definition) is 3. The number of benzene rings is 1. The highest BCUT2D eigenvalue weighted by atomic mass is 32.2. The van der Waals surface area contributed by atoms with Crippen molar-refractivity contribution < 1.29 is 8.42 Å². The van der Waals surface area contributed by atoms with Crippen molar-refractivity contribution in [3.05, 3.63) is 24.3 Å². The van der Waals surface area contributed by atoms with Crippen LogP contribution in [0, 0.1) is 0 Å². The topological polar surface area (TPSA) is 49.4 Å². The summed E-state index contributed by atoms with van der Waals surface area (Å²) in [5.74, 6) is 0. The van der Waals surface area contributed by atoms with Crippen LogP contribution in [0.1, 0.15) is 26.7 Å². The van der Waals surface area contributed by atoms with E-state index >= 15 is 0 Å². The lowest BCUT2D eigenvalue weighted by atomic mass is 10.2. The number of nitrogens with zero attached hydrogens (tertiary/aromatic N) is 1. The van der Waals surface area contributed by atoms with Gasteiger partial charge < -0.3 is 5.32 Å². The molecule has 0 aromatic heterocycles. The lowest BCUT2D eigenvalue weighted by Gasteiger charge is -2.25. The molecule has 0 amide bonds. The summed E-state index contributed by atoms with van der Waals surface area (Å²) in [4.78, 5) is 0.343. The van der Waals surface area contributed by atoms with Gasteiger partial charge in [0, 0.05) is 25.8 Å². The molecule has 0 saturated heterocycles. The number of sulfonamides is 1. The molecular weight excluding hydrogens is 248 g/mol. The molecule has 0 atom stereocenters. The van der Waals surface area contributed by atoms with Crippen molar-refractivity contribution >= 4 is 15.7 Å². The molecule has 0 aliphatic carbocycles. The summed E-state index contributed by atoms with van der Waals surface area (Å²) in [5, 5.41) is 2.97. The summed E-state index contributed by atoms with van der Waals surface area (Å²) in [6.07, 6.45) is 1.64. The van der Waals surface area contributed by atoms with Crippen LogP contribution in [-0.2, 0) is 10.0 Å². The molecule has 102 valence electrons. The lowest BCUT2D eigenvalue weighted by molar-refractivity contribution is 0.349. The van der Waals surface area contributed by atoms with Gasteiger partial charge >= 0.3 is 0 Å². The van der Waals surface area contributed by atoms with E-state index in [1.54, 1.807) is 38.4 Å². The largest absolute Gasteiger partial charge is 0.388 e. The highest BCUT2D eigenvalue weighted by Crippen LogP contribution is 2.20. The van der Waals surface area contributed by atoms with Crippen molar-refractivity contribution in [1.29, 1.82) is 0 Å². The van der Waals surface area contributed by atoms with E-state index < -0.39 is 10.0 Å². The zero-order chi connectivity index (χ0) is 13.8. The van der Waals surface area contributed by atoms with Crippen LogP contribution in [0.15, 0.2) is 29.2 Å². The maximum atomic E-state index is 12.4. The standard InChI is InChI=1S/C13H22N2O2S/c1-5-12(6-2)15(4)18(16,17)13-9-7-11(14-3)8-10-13/h7-10,12,14H,5-6H2,1-4H3. The van der Waals surface area contributed by atoms with Gasteiger partial charge in [-0.2, -0.15) is 4.31 Å². The number of hydrogen-bond donors (Lipinski definition) is 1. The second-order valence-corrected chi connectivity index (χ2v) is 6.26. The fourth-order valence-corrected chi connectivity index (χ4v) is 3.46. The number of anilines is 1. The Morgan fingerprint density at radius 1 is 1.17 bits per heavy atom. The van der Waals surface area contributed by atoms with Crippen LogP contribution in [0.3, 0.4) is 0 Å². The Labute approximate surface area is 110 Å². The first-order valence-corrected chi connectivity index (χ1v) is 7.67. The van der Waals surface area contributed by atoms with Crippen LogP contribution in [0.2, 0.25) is 0 Å². The Morgan fingerprint density at radius 3 is 2.06 bits per heavy atom. The first kappa shape index (κ1) is 15.0. The maximum Gasteiger partial charge on any atom is 0.243 e. The van der Waals surface area contributed by atoms with E-state index in [-0.39, 0.29) is 6.04 Å². The van der Waals surface area contributed by atoms with Crippen molar-refractivity contribution in [2.45, 2.75) is 37.6 Å². The first-order valence-electron chi connectivity index (χ1n) is 6.23. The first-order chi connectivity index (χ1) is 8.47. The molecule has 0 aliphatic rings. The molecule has 1 aromatic carbocycles. The Kier molecular flexibility index (Phi) is 5.16. The summed E-state index contributed by atoms with van der Waals surface area (Å²) >= 11 is 0. The van der Waals surface area contributed by atoms with Gasteiger partial charge in [0.15, 0.2) is 0 Å². The van der Waals surface area contributed by atoms with Gasteiger partial charge in [-0.3, -0.25) is 0 Å². The van der Waals surface area contributed by atoms with Crippen LogP contribution in [-0.4, -0.2) is 32.9 Å². The van der Waals surface area contributed by atoms with Gasteiger partial charge in [-0.15, -0.1) is 0 Å². The minimum atomic E-state index is -3.38. The van der Waals surface area contributed by atoms with Crippen molar-refractivity contribution in [2.24, 2.45) is 0 Å². The summed E-state index contributed by atoms with van der Waals surface area (Å²) in [6, 6.07) is 6.88. The van der Waals surface area contributed by atoms with Gasteiger partial charge in [-0.05, 0) is 37.1 Å². The van der Waals surface area contributed by atoms with Crippen molar-refractivity contribution in [1.82, 2.24) is 4.31 Å². The molecule has 1 aromatic rings. The van der Waals surface area contributed by atoms with Gasteiger partial charge in [0.05, 0.1) is 4.90 Å². The fraction of sp³-hybridized carbons (Fsp3) is 0.538. The van der Waals surface area contributed by atoms with Crippen LogP contribution in [0.4, 0.5) is 5.69 Å². The van der Waals surface area contributed by atoms with Crippen molar-refractivity contribution in [3.8, 4) is 0 Å². The minimum Gasteiger partial charge on any atom is -0.388 e. The smallest absolute Gasteiger partial charge is 0.243 e. The van der Waals surface area contributed by atoms with Gasteiger partial charge in [0.25, 0.3) is 0 Å². The van der Waals surface area contributed by atoms with Crippen molar-refractivity contribution in [2.75, 3.05) is 19.4 Å². The third kappa shape index (κ3) is 3.03. The highest BCUT2D eigenvalue weighted by Gasteiger charge is 2.25. The van der Waals surface area contributed by atoms with Crippen molar-refractivity contribution in [3.63, 3.8) is 0 Å². The zero-order valence-electron chi connectivity index (χ0n) is 11.5. The van der Waals surface area contributed by atoms with E-state index in [9.17, 15) is 8.42 Å². The Balaban J connectivity index is 3.04. The quantitative estimate of drug-likeness (QED) is 0.864. The van der Waals surface area contributed by atoms with E-state index in [4.69, 9.17) is 0 Å². The summed E-state index contributed by atoms with van der Waals surface area (Å²) in [5.41, 5.74) is 0.902. The molecule has 1 N–H and O–H groups in total. The Hall–Kier alpha value is -1.07. The summed E-state index contributed by atoms with van der Waals surface area (Å²) in [7, 11) is 0.0753. The third-order valence-electron chi connectivity index (χ3n) is 3.28. The Bertz CT molecular complexity index is 464. The highest BCUT2D eigenvalue weighted by molar-refractivity contribution is 7.89. The van der Waals surface area contributed by atoms with E-state index in [1.165, 1.54) is 4.31 Å². The zero-order valence-corrected chi connectivity index (χ0v) is 12.3. The lowest BCUT2D eigenvalue weighted by Crippen LogP contribution is -2.36. The molecule has 1 rings (SSSR count). The molecule has 0 fully saturated rings. The molecule has 5 heteroatoms. The third-order valence-corrected chi connectivity index (χ3v) is 5.20. The van der Waals surface area contributed by atoms with Gasteiger partial charge in [-0.1, -0.05) is 13.8 Å². The van der Waals surface area contributed by atoms with Gasteiger partial charge in [0.2, 0.25) is 10.0 Å². The summed E-state index contributed by atoms with van der Waals surface area (Å²) in [6.45, 7) is 4.01.